The van der Waals surface area contributed by atoms with E-state index >= 15 is 0 Å². The summed E-state index contributed by atoms with van der Waals surface area (Å²) in [7, 11) is 1.29. The summed E-state index contributed by atoms with van der Waals surface area (Å²) in [4.78, 5) is 35.3. The summed E-state index contributed by atoms with van der Waals surface area (Å²) >= 11 is 6.04. The lowest BCUT2D eigenvalue weighted by Gasteiger charge is -2.10. The van der Waals surface area contributed by atoms with E-state index < -0.39 is 10.8 Å². The highest BCUT2D eigenvalue weighted by Gasteiger charge is 2.18. The normalized spacial score (nSPS) is 10.2. The highest BCUT2D eigenvalue weighted by Crippen LogP contribution is 2.28. The molecule has 30 heavy (non-hydrogen) atoms. The largest absolute Gasteiger partial charge is 0.490 e. The van der Waals surface area contributed by atoms with Crippen molar-refractivity contribution in [3.8, 4) is 5.75 Å². The maximum Gasteiger partial charge on any atom is 0.310 e. The third kappa shape index (κ3) is 4.73. The molecule has 0 spiro atoms. The lowest BCUT2D eigenvalue weighted by Crippen LogP contribution is -2.14. The lowest BCUT2D eigenvalue weighted by atomic mass is 10.1. The van der Waals surface area contributed by atoms with Crippen molar-refractivity contribution in [2.75, 3.05) is 17.7 Å². The zero-order valence-electron chi connectivity index (χ0n) is 15.7. The predicted molar refractivity (Wildman–Crippen MR) is 113 cm³/mol. The maximum atomic E-state index is 12.5. The van der Waals surface area contributed by atoms with Crippen LogP contribution in [0.3, 0.4) is 0 Å². The van der Waals surface area contributed by atoms with E-state index in [0.717, 1.165) is 0 Å². The second kappa shape index (κ2) is 9.06. The first-order chi connectivity index (χ1) is 14.4. The Balaban J connectivity index is 1.75. The molecule has 0 heterocycles. The summed E-state index contributed by atoms with van der Waals surface area (Å²) in [5, 5.41) is 16.7. The van der Waals surface area contributed by atoms with Gasteiger partial charge >= 0.3 is 5.69 Å². The Morgan fingerprint density at radius 3 is 2.23 bits per heavy atom. The number of methoxy groups -OCH3 is 1. The van der Waals surface area contributed by atoms with Crippen LogP contribution in [0, 0.1) is 10.1 Å². The van der Waals surface area contributed by atoms with Crippen molar-refractivity contribution in [1.29, 1.82) is 0 Å². The number of hydrogen-bond acceptors (Lipinski definition) is 5. The molecule has 152 valence electrons. The van der Waals surface area contributed by atoms with Crippen LogP contribution in [0.25, 0.3) is 0 Å². The van der Waals surface area contributed by atoms with E-state index in [2.05, 4.69) is 10.6 Å². The van der Waals surface area contributed by atoms with Gasteiger partial charge in [-0.05, 0) is 36.4 Å². The fourth-order valence-electron chi connectivity index (χ4n) is 2.69. The van der Waals surface area contributed by atoms with Gasteiger partial charge in [-0.1, -0.05) is 29.8 Å². The molecule has 0 unspecified atom stereocenters. The number of hydrogen-bond donors (Lipinski definition) is 2. The number of nitro benzene ring substituents is 1. The summed E-state index contributed by atoms with van der Waals surface area (Å²) < 4.78 is 4.98. The molecule has 3 rings (SSSR count). The molecule has 0 aliphatic carbocycles. The van der Waals surface area contributed by atoms with Crippen molar-refractivity contribution < 1.29 is 19.2 Å². The summed E-state index contributed by atoms with van der Waals surface area (Å²) in [5.41, 5.74) is 1.15. The van der Waals surface area contributed by atoms with Crippen LogP contribution in [0.4, 0.5) is 17.1 Å². The molecule has 0 saturated carbocycles. The second-order valence-corrected chi connectivity index (χ2v) is 6.52. The second-order valence-electron chi connectivity index (χ2n) is 6.11. The average molecular weight is 426 g/mol. The molecular weight excluding hydrogens is 410 g/mol. The number of rotatable bonds is 6. The van der Waals surface area contributed by atoms with Gasteiger partial charge in [0.15, 0.2) is 5.75 Å². The van der Waals surface area contributed by atoms with Crippen molar-refractivity contribution in [1.82, 2.24) is 0 Å². The molecule has 0 radical (unpaired) electrons. The first-order valence-electron chi connectivity index (χ1n) is 8.69. The predicted octanol–water partition coefficient (Wildman–Crippen LogP) is 4.76. The Hall–Kier alpha value is -3.91. The zero-order chi connectivity index (χ0) is 21.7. The van der Waals surface area contributed by atoms with Crippen LogP contribution >= 0.6 is 11.6 Å². The third-order valence-corrected chi connectivity index (χ3v) is 4.46. The minimum atomic E-state index is -0.592. The summed E-state index contributed by atoms with van der Waals surface area (Å²) in [6, 6.07) is 17.0. The summed E-state index contributed by atoms with van der Waals surface area (Å²) in [6.45, 7) is 0. The molecule has 0 aliphatic heterocycles. The van der Waals surface area contributed by atoms with E-state index in [1.54, 1.807) is 48.5 Å². The number of amides is 2. The Labute approximate surface area is 176 Å². The minimum Gasteiger partial charge on any atom is -0.490 e. The van der Waals surface area contributed by atoms with Gasteiger partial charge in [-0.25, -0.2) is 0 Å². The van der Waals surface area contributed by atoms with Crippen molar-refractivity contribution in [2.45, 2.75) is 0 Å². The molecular formula is C21H16ClN3O5. The number of benzene rings is 3. The number of carbonyl (C=O) groups is 2. The highest BCUT2D eigenvalue weighted by atomic mass is 35.5. The van der Waals surface area contributed by atoms with E-state index in [1.807, 2.05) is 0 Å². The van der Waals surface area contributed by atoms with Gasteiger partial charge in [-0.15, -0.1) is 0 Å². The van der Waals surface area contributed by atoms with Crippen LogP contribution in [0.15, 0.2) is 66.7 Å². The fourth-order valence-corrected chi connectivity index (χ4v) is 2.91. The first-order valence-corrected chi connectivity index (χ1v) is 9.06. The van der Waals surface area contributed by atoms with E-state index in [-0.39, 0.29) is 22.9 Å². The molecule has 8 nitrogen and oxygen atoms in total. The van der Waals surface area contributed by atoms with Crippen molar-refractivity contribution in [3.05, 3.63) is 93.0 Å². The molecule has 2 N–H and O–H groups in total. The van der Waals surface area contributed by atoms with Gasteiger partial charge in [0.1, 0.15) is 0 Å². The van der Waals surface area contributed by atoms with E-state index in [9.17, 15) is 19.7 Å². The van der Waals surface area contributed by atoms with Gasteiger partial charge in [0.05, 0.1) is 22.6 Å². The number of anilines is 2. The van der Waals surface area contributed by atoms with Gasteiger partial charge in [-0.2, -0.15) is 0 Å². The van der Waals surface area contributed by atoms with Gasteiger partial charge in [0.25, 0.3) is 11.8 Å². The molecule has 0 fully saturated rings. The molecule has 2 amide bonds. The molecule has 0 aromatic heterocycles. The Morgan fingerprint density at radius 1 is 0.933 bits per heavy atom. The molecule has 3 aromatic carbocycles. The topological polar surface area (TPSA) is 111 Å². The van der Waals surface area contributed by atoms with Crippen molar-refractivity contribution in [2.24, 2.45) is 0 Å². The van der Waals surface area contributed by atoms with E-state index in [1.165, 1.54) is 25.3 Å². The van der Waals surface area contributed by atoms with Crippen molar-refractivity contribution >= 4 is 40.5 Å². The third-order valence-electron chi connectivity index (χ3n) is 4.14. The van der Waals surface area contributed by atoms with Gasteiger partial charge in [0, 0.05) is 29.1 Å². The van der Waals surface area contributed by atoms with E-state index in [0.29, 0.717) is 22.0 Å². The fraction of sp³-hybridized carbons (Fsp3) is 0.0476. The standard InChI is InChI=1S/C21H16ClN3O5/c1-30-19-11-13(9-10-18(19)25(28)29)20(26)23-14-5-4-6-15(12-14)24-21(27)16-7-2-3-8-17(16)22/h2-12H,1H3,(H,23,26)(H,24,27). The van der Waals surface area contributed by atoms with Crippen LogP contribution in [0.1, 0.15) is 20.7 Å². The molecule has 0 saturated heterocycles. The first kappa shape index (κ1) is 20.8. The molecule has 0 bridgehead atoms. The van der Waals surface area contributed by atoms with Gasteiger partial charge in [-0.3, -0.25) is 19.7 Å². The monoisotopic (exact) mass is 425 g/mol. The minimum absolute atomic E-state index is 0.0200. The lowest BCUT2D eigenvalue weighted by molar-refractivity contribution is -0.385. The number of nitrogens with zero attached hydrogens (tertiary/aromatic N) is 1. The number of halogens is 1. The number of nitro groups is 1. The molecule has 3 aromatic rings. The molecule has 0 aliphatic rings. The number of nitrogens with one attached hydrogen (secondary N) is 2. The molecule has 0 atom stereocenters. The summed E-state index contributed by atoms with van der Waals surface area (Å²) in [5.74, 6) is -0.893. The average Bonchev–Trinajstić information content (AvgIpc) is 2.73. The SMILES string of the molecule is COc1cc(C(=O)Nc2cccc(NC(=O)c3ccccc3Cl)c2)ccc1[N+](=O)[O-]. The van der Waals surface area contributed by atoms with Crippen LogP contribution in [0.2, 0.25) is 5.02 Å². The van der Waals surface area contributed by atoms with Crippen LogP contribution in [-0.4, -0.2) is 23.8 Å². The molecule has 9 heteroatoms. The Morgan fingerprint density at radius 2 is 1.60 bits per heavy atom. The zero-order valence-corrected chi connectivity index (χ0v) is 16.5. The maximum absolute atomic E-state index is 12.5. The number of ether oxygens (including phenoxy) is 1. The van der Waals surface area contributed by atoms with Crippen LogP contribution in [-0.2, 0) is 0 Å². The Kier molecular flexibility index (Phi) is 6.29. The van der Waals surface area contributed by atoms with Gasteiger partial charge < -0.3 is 15.4 Å². The van der Waals surface area contributed by atoms with E-state index in [4.69, 9.17) is 16.3 Å². The van der Waals surface area contributed by atoms with Gasteiger partial charge in [0.2, 0.25) is 0 Å². The van der Waals surface area contributed by atoms with Crippen LogP contribution < -0.4 is 15.4 Å². The highest BCUT2D eigenvalue weighted by molar-refractivity contribution is 6.34. The quantitative estimate of drug-likeness (QED) is 0.437. The van der Waals surface area contributed by atoms with Crippen LogP contribution in [0.5, 0.6) is 5.75 Å². The van der Waals surface area contributed by atoms with Crippen molar-refractivity contribution in [3.63, 3.8) is 0 Å². The summed E-state index contributed by atoms with van der Waals surface area (Å²) in [6.07, 6.45) is 0. The number of carbonyl (C=O) groups excluding carboxylic acids is 2. The smallest absolute Gasteiger partial charge is 0.310 e. The Bertz CT molecular complexity index is 1130.